The molecule has 0 spiro atoms. The van der Waals surface area contributed by atoms with E-state index in [0.29, 0.717) is 18.5 Å². The van der Waals surface area contributed by atoms with Crippen LogP contribution in [0.4, 0.5) is 4.79 Å². The standard InChI is InChI=1S/C13H20N2O4/c1-15(9-10-5-3-2-4-6-10)13(19)14-11(16)7-8-12(17)18/h7-8,10H,2-6,9H2,1H3,(H,17,18)(H,14,16,19). The number of nitrogens with zero attached hydrogens (tertiary/aromatic N) is 1. The molecule has 1 rings (SSSR count). The summed E-state index contributed by atoms with van der Waals surface area (Å²) in [5.41, 5.74) is 0. The lowest BCUT2D eigenvalue weighted by atomic mass is 9.89. The Kier molecular flexibility index (Phi) is 6.05. The highest BCUT2D eigenvalue weighted by molar-refractivity contribution is 6.02. The Morgan fingerprint density at radius 1 is 1.21 bits per heavy atom. The van der Waals surface area contributed by atoms with Crippen molar-refractivity contribution in [3.63, 3.8) is 0 Å². The van der Waals surface area contributed by atoms with Crippen LogP contribution in [0.15, 0.2) is 12.2 Å². The van der Waals surface area contributed by atoms with E-state index in [-0.39, 0.29) is 0 Å². The summed E-state index contributed by atoms with van der Waals surface area (Å²) in [5.74, 6) is -1.45. The minimum Gasteiger partial charge on any atom is -0.478 e. The molecule has 0 bridgehead atoms. The van der Waals surface area contributed by atoms with Crippen molar-refractivity contribution in [1.82, 2.24) is 10.2 Å². The number of nitrogens with one attached hydrogen (secondary N) is 1. The zero-order chi connectivity index (χ0) is 14.3. The zero-order valence-electron chi connectivity index (χ0n) is 11.1. The first-order valence-corrected chi connectivity index (χ1v) is 6.46. The second-order valence-electron chi connectivity index (χ2n) is 4.85. The summed E-state index contributed by atoms with van der Waals surface area (Å²) in [6, 6.07) is -0.495. The summed E-state index contributed by atoms with van der Waals surface area (Å²) < 4.78 is 0. The first-order chi connectivity index (χ1) is 8.99. The molecular weight excluding hydrogens is 248 g/mol. The molecule has 6 heteroatoms. The molecule has 0 aromatic carbocycles. The molecule has 0 aromatic rings. The number of carboxylic acids is 1. The van der Waals surface area contributed by atoms with E-state index in [2.05, 4.69) is 5.32 Å². The van der Waals surface area contributed by atoms with E-state index in [1.165, 1.54) is 24.2 Å². The average Bonchev–Trinajstić information content (AvgIpc) is 2.37. The molecule has 0 atom stereocenters. The van der Waals surface area contributed by atoms with Crippen LogP contribution in [0, 0.1) is 5.92 Å². The topological polar surface area (TPSA) is 86.7 Å². The van der Waals surface area contributed by atoms with Gasteiger partial charge in [-0.25, -0.2) is 9.59 Å². The molecule has 0 saturated heterocycles. The van der Waals surface area contributed by atoms with Gasteiger partial charge in [-0.3, -0.25) is 10.1 Å². The molecule has 1 fully saturated rings. The molecule has 1 aliphatic rings. The molecule has 1 aliphatic carbocycles. The van der Waals surface area contributed by atoms with Gasteiger partial charge in [-0.2, -0.15) is 0 Å². The van der Waals surface area contributed by atoms with Gasteiger partial charge in [0.05, 0.1) is 0 Å². The zero-order valence-corrected chi connectivity index (χ0v) is 11.1. The molecule has 106 valence electrons. The van der Waals surface area contributed by atoms with Gasteiger partial charge in [-0.15, -0.1) is 0 Å². The molecular formula is C13H20N2O4. The Hall–Kier alpha value is -1.85. The fourth-order valence-corrected chi connectivity index (χ4v) is 2.23. The van der Waals surface area contributed by atoms with Crippen LogP contribution in [0.5, 0.6) is 0 Å². The van der Waals surface area contributed by atoms with E-state index in [4.69, 9.17) is 5.11 Å². The molecule has 0 aliphatic heterocycles. The number of carbonyl (C=O) groups is 3. The smallest absolute Gasteiger partial charge is 0.328 e. The monoisotopic (exact) mass is 268 g/mol. The predicted octanol–water partition coefficient (Wildman–Crippen LogP) is 1.38. The van der Waals surface area contributed by atoms with Crippen molar-refractivity contribution in [1.29, 1.82) is 0 Å². The van der Waals surface area contributed by atoms with Crippen LogP contribution in [-0.4, -0.2) is 41.5 Å². The van der Waals surface area contributed by atoms with Gasteiger partial charge in [-0.05, 0) is 18.8 Å². The Balaban J connectivity index is 2.35. The van der Waals surface area contributed by atoms with Crippen molar-refractivity contribution in [2.75, 3.05) is 13.6 Å². The number of hydrogen-bond donors (Lipinski definition) is 2. The van der Waals surface area contributed by atoms with Crippen molar-refractivity contribution in [2.45, 2.75) is 32.1 Å². The first-order valence-electron chi connectivity index (χ1n) is 6.46. The third kappa shape index (κ3) is 6.03. The van der Waals surface area contributed by atoms with Crippen LogP contribution in [0.2, 0.25) is 0 Å². The van der Waals surface area contributed by atoms with E-state index < -0.39 is 17.9 Å². The number of rotatable bonds is 4. The molecule has 1 saturated carbocycles. The van der Waals surface area contributed by atoms with Crippen molar-refractivity contribution in [3.05, 3.63) is 12.2 Å². The molecule has 2 N–H and O–H groups in total. The summed E-state index contributed by atoms with van der Waals surface area (Å²) >= 11 is 0. The largest absolute Gasteiger partial charge is 0.478 e. The Morgan fingerprint density at radius 3 is 2.42 bits per heavy atom. The maximum atomic E-state index is 11.7. The van der Waals surface area contributed by atoms with Gasteiger partial charge in [0.1, 0.15) is 0 Å². The highest BCUT2D eigenvalue weighted by Gasteiger charge is 2.18. The van der Waals surface area contributed by atoms with Gasteiger partial charge in [0.2, 0.25) is 0 Å². The number of amides is 3. The van der Waals surface area contributed by atoms with Crippen LogP contribution in [0.1, 0.15) is 32.1 Å². The van der Waals surface area contributed by atoms with Gasteiger partial charge >= 0.3 is 12.0 Å². The number of aliphatic carboxylic acids is 1. The third-order valence-electron chi connectivity index (χ3n) is 3.21. The van der Waals surface area contributed by atoms with Crippen LogP contribution >= 0.6 is 0 Å². The molecule has 0 heterocycles. The second kappa shape index (κ2) is 7.56. The molecule has 6 nitrogen and oxygen atoms in total. The lowest BCUT2D eigenvalue weighted by Crippen LogP contribution is -2.42. The van der Waals surface area contributed by atoms with E-state index >= 15 is 0 Å². The summed E-state index contributed by atoms with van der Waals surface area (Å²) in [6.45, 7) is 0.627. The maximum Gasteiger partial charge on any atom is 0.328 e. The second-order valence-corrected chi connectivity index (χ2v) is 4.85. The molecule has 0 aromatic heterocycles. The predicted molar refractivity (Wildman–Crippen MR) is 69.5 cm³/mol. The summed E-state index contributed by atoms with van der Waals surface area (Å²) in [5, 5.41) is 10.5. The Morgan fingerprint density at radius 2 is 1.84 bits per heavy atom. The first kappa shape index (κ1) is 15.2. The van der Waals surface area contributed by atoms with E-state index in [1.54, 1.807) is 7.05 Å². The number of carboxylic acid groups (broad SMARTS) is 1. The fourth-order valence-electron chi connectivity index (χ4n) is 2.23. The van der Waals surface area contributed by atoms with Crippen molar-refractivity contribution < 1.29 is 19.5 Å². The van der Waals surface area contributed by atoms with Gasteiger partial charge in [0.15, 0.2) is 0 Å². The minimum atomic E-state index is -1.22. The highest BCUT2D eigenvalue weighted by atomic mass is 16.4. The summed E-state index contributed by atoms with van der Waals surface area (Å²) in [6.07, 6.45) is 7.40. The van der Waals surface area contributed by atoms with E-state index in [9.17, 15) is 14.4 Å². The Bertz CT molecular complexity index is 373. The Labute approximate surface area is 112 Å². The lowest BCUT2D eigenvalue weighted by molar-refractivity contribution is -0.131. The molecule has 3 amide bonds. The van der Waals surface area contributed by atoms with Crippen molar-refractivity contribution in [3.8, 4) is 0 Å². The van der Waals surface area contributed by atoms with Crippen molar-refractivity contribution >= 4 is 17.9 Å². The number of imide groups is 1. The van der Waals surface area contributed by atoms with Crippen LogP contribution in [0.3, 0.4) is 0 Å². The van der Waals surface area contributed by atoms with Crippen LogP contribution < -0.4 is 5.32 Å². The molecule has 0 unspecified atom stereocenters. The van der Waals surface area contributed by atoms with Crippen LogP contribution in [0.25, 0.3) is 0 Å². The van der Waals surface area contributed by atoms with Gasteiger partial charge < -0.3 is 10.0 Å². The molecule has 0 radical (unpaired) electrons. The highest BCUT2D eigenvalue weighted by Crippen LogP contribution is 2.23. The van der Waals surface area contributed by atoms with E-state index in [0.717, 1.165) is 18.9 Å². The summed E-state index contributed by atoms with van der Waals surface area (Å²) in [7, 11) is 1.64. The maximum absolute atomic E-state index is 11.7. The van der Waals surface area contributed by atoms with Gasteiger partial charge in [-0.1, -0.05) is 19.3 Å². The number of carbonyl (C=O) groups excluding carboxylic acids is 2. The average molecular weight is 268 g/mol. The molecule has 19 heavy (non-hydrogen) atoms. The van der Waals surface area contributed by atoms with E-state index in [1.807, 2.05) is 0 Å². The minimum absolute atomic E-state index is 0.495. The summed E-state index contributed by atoms with van der Waals surface area (Å²) in [4.78, 5) is 34.6. The third-order valence-corrected chi connectivity index (χ3v) is 3.21. The SMILES string of the molecule is CN(CC1CCCCC1)C(=O)NC(=O)C=CC(=O)O. The van der Waals surface area contributed by atoms with Crippen molar-refractivity contribution in [2.24, 2.45) is 5.92 Å². The number of hydrogen-bond acceptors (Lipinski definition) is 3. The quantitative estimate of drug-likeness (QED) is 0.754. The van der Waals surface area contributed by atoms with Gasteiger partial charge in [0.25, 0.3) is 5.91 Å². The lowest BCUT2D eigenvalue weighted by Gasteiger charge is -2.26. The normalized spacial score (nSPS) is 16.3. The fraction of sp³-hybridized carbons (Fsp3) is 0.615. The van der Waals surface area contributed by atoms with Crippen LogP contribution in [-0.2, 0) is 9.59 Å². The van der Waals surface area contributed by atoms with Gasteiger partial charge in [0, 0.05) is 25.7 Å². The number of urea groups is 1.